The van der Waals surface area contributed by atoms with E-state index in [0.29, 0.717) is 23.5 Å². The predicted molar refractivity (Wildman–Crippen MR) is 83.5 cm³/mol. The Kier molecular flexibility index (Phi) is 7.38. The first-order chi connectivity index (χ1) is 8.94. The Morgan fingerprint density at radius 1 is 1.26 bits per heavy atom. The Morgan fingerprint density at radius 2 is 2.00 bits per heavy atom. The molecule has 0 spiro atoms. The van der Waals surface area contributed by atoms with Crippen LogP contribution in [0, 0.1) is 11.3 Å². The van der Waals surface area contributed by atoms with Crippen molar-refractivity contribution in [3.8, 4) is 0 Å². The lowest BCUT2D eigenvalue weighted by Crippen LogP contribution is -2.44. The van der Waals surface area contributed by atoms with Crippen LogP contribution in [0.5, 0.6) is 0 Å². The highest BCUT2D eigenvalue weighted by Crippen LogP contribution is 2.25. The SMILES string of the molecule is CCCCCC(C)(C)CNC1CCOC(C(C)C)C1. The summed E-state index contributed by atoms with van der Waals surface area (Å²) in [5.74, 6) is 0.641. The van der Waals surface area contributed by atoms with Crippen LogP contribution >= 0.6 is 0 Å². The van der Waals surface area contributed by atoms with Gasteiger partial charge in [0.15, 0.2) is 0 Å². The monoisotopic (exact) mass is 269 g/mol. The summed E-state index contributed by atoms with van der Waals surface area (Å²) in [5, 5.41) is 3.79. The van der Waals surface area contributed by atoms with E-state index in [9.17, 15) is 0 Å². The smallest absolute Gasteiger partial charge is 0.0612 e. The van der Waals surface area contributed by atoms with E-state index in [4.69, 9.17) is 4.74 Å². The van der Waals surface area contributed by atoms with E-state index in [1.807, 2.05) is 0 Å². The fourth-order valence-electron chi connectivity index (χ4n) is 2.84. The van der Waals surface area contributed by atoms with E-state index in [1.165, 1.54) is 38.5 Å². The van der Waals surface area contributed by atoms with E-state index < -0.39 is 0 Å². The van der Waals surface area contributed by atoms with Crippen molar-refractivity contribution in [3.05, 3.63) is 0 Å². The number of rotatable bonds is 8. The Labute approximate surface area is 120 Å². The van der Waals surface area contributed by atoms with Gasteiger partial charge < -0.3 is 10.1 Å². The first-order valence-electron chi connectivity index (χ1n) is 8.29. The molecule has 0 aromatic carbocycles. The first-order valence-corrected chi connectivity index (χ1v) is 8.29. The normalized spacial score (nSPS) is 24.9. The molecule has 1 heterocycles. The third-order valence-electron chi connectivity index (χ3n) is 4.39. The molecule has 1 rings (SSSR count). The average Bonchev–Trinajstić information content (AvgIpc) is 2.37. The summed E-state index contributed by atoms with van der Waals surface area (Å²) >= 11 is 0. The largest absolute Gasteiger partial charge is 0.378 e. The molecular formula is C17H35NO. The van der Waals surface area contributed by atoms with Crippen molar-refractivity contribution >= 4 is 0 Å². The summed E-state index contributed by atoms with van der Waals surface area (Å²) in [4.78, 5) is 0. The summed E-state index contributed by atoms with van der Waals surface area (Å²) in [6.07, 6.45) is 8.21. The van der Waals surface area contributed by atoms with Crippen molar-refractivity contribution in [2.75, 3.05) is 13.2 Å². The maximum absolute atomic E-state index is 5.84. The van der Waals surface area contributed by atoms with Crippen LogP contribution in [0.15, 0.2) is 0 Å². The molecule has 2 nitrogen and oxygen atoms in total. The van der Waals surface area contributed by atoms with Gasteiger partial charge in [0.2, 0.25) is 0 Å². The molecule has 0 saturated carbocycles. The fourth-order valence-corrected chi connectivity index (χ4v) is 2.84. The second-order valence-electron chi connectivity index (χ2n) is 7.38. The molecule has 2 heteroatoms. The topological polar surface area (TPSA) is 21.3 Å². The zero-order valence-electron chi connectivity index (χ0n) is 13.8. The maximum atomic E-state index is 5.84. The van der Waals surface area contributed by atoms with Crippen molar-refractivity contribution in [3.63, 3.8) is 0 Å². The Bertz CT molecular complexity index is 237. The quantitative estimate of drug-likeness (QED) is 0.660. The van der Waals surface area contributed by atoms with Crippen molar-refractivity contribution in [2.45, 2.75) is 85.3 Å². The minimum Gasteiger partial charge on any atom is -0.378 e. The number of nitrogens with one attached hydrogen (secondary N) is 1. The zero-order valence-corrected chi connectivity index (χ0v) is 13.8. The molecule has 19 heavy (non-hydrogen) atoms. The van der Waals surface area contributed by atoms with Crippen molar-refractivity contribution < 1.29 is 4.74 Å². The summed E-state index contributed by atoms with van der Waals surface area (Å²) in [7, 11) is 0. The van der Waals surface area contributed by atoms with Gasteiger partial charge in [0.25, 0.3) is 0 Å². The standard InChI is InChI=1S/C17H35NO/c1-6-7-8-10-17(4,5)13-18-15-9-11-19-16(12-15)14(2)3/h14-16,18H,6-13H2,1-5H3. The number of unbranched alkanes of at least 4 members (excludes halogenated alkanes) is 2. The highest BCUT2D eigenvalue weighted by Gasteiger charge is 2.26. The number of hydrogen-bond donors (Lipinski definition) is 1. The molecule has 0 radical (unpaired) electrons. The van der Waals surface area contributed by atoms with Gasteiger partial charge in [-0.15, -0.1) is 0 Å². The van der Waals surface area contributed by atoms with Gasteiger partial charge in [-0.05, 0) is 30.6 Å². The Balaban J connectivity index is 2.26. The molecule has 1 aliphatic heterocycles. The highest BCUT2D eigenvalue weighted by atomic mass is 16.5. The summed E-state index contributed by atoms with van der Waals surface area (Å²) in [6, 6.07) is 0.659. The number of hydrogen-bond acceptors (Lipinski definition) is 2. The van der Waals surface area contributed by atoms with E-state index in [1.54, 1.807) is 0 Å². The molecule has 0 aliphatic carbocycles. The summed E-state index contributed by atoms with van der Waals surface area (Å²) in [5.41, 5.74) is 0.431. The molecule has 114 valence electrons. The molecule has 1 saturated heterocycles. The average molecular weight is 269 g/mol. The lowest BCUT2D eigenvalue weighted by Gasteiger charge is -2.35. The van der Waals surface area contributed by atoms with Gasteiger partial charge in [0.05, 0.1) is 6.10 Å². The van der Waals surface area contributed by atoms with E-state index >= 15 is 0 Å². The van der Waals surface area contributed by atoms with Crippen LogP contribution < -0.4 is 5.32 Å². The molecule has 1 fully saturated rings. The molecular weight excluding hydrogens is 234 g/mol. The lowest BCUT2D eigenvalue weighted by molar-refractivity contribution is -0.0255. The lowest BCUT2D eigenvalue weighted by atomic mass is 9.86. The molecule has 2 unspecified atom stereocenters. The molecule has 0 bridgehead atoms. The van der Waals surface area contributed by atoms with Crippen LogP contribution in [0.4, 0.5) is 0 Å². The molecule has 0 aromatic rings. The second kappa shape index (κ2) is 8.26. The fraction of sp³-hybridized carbons (Fsp3) is 1.00. The van der Waals surface area contributed by atoms with Gasteiger partial charge in [-0.2, -0.15) is 0 Å². The first kappa shape index (κ1) is 17.0. The maximum Gasteiger partial charge on any atom is 0.0612 e. The number of ether oxygens (including phenoxy) is 1. The third kappa shape index (κ3) is 6.76. The van der Waals surface area contributed by atoms with E-state index in [0.717, 1.165) is 13.2 Å². The molecule has 1 N–H and O–H groups in total. The molecule has 0 aromatic heterocycles. The predicted octanol–water partition coefficient (Wildman–Crippen LogP) is 4.39. The zero-order chi connectivity index (χ0) is 14.3. The minimum atomic E-state index is 0.431. The molecule has 2 atom stereocenters. The van der Waals surface area contributed by atoms with Crippen LogP contribution in [0.1, 0.15) is 73.1 Å². The van der Waals surface area contributed by atoms with E-state index in [2.05, 4.69) is 39.9 Å². The van der Waals surface area contributed by atoms with Crippen LogP contribution in [-0.2, 0) is 4.74 Å². The minimum absolute atomic E-state index is 0.431. The van der Waals surface area contributed by atoms with Gasteiger partial charge >= 0.3 is 0 Å². The third-order valence-corrected chi connectivity index (χ3v) is 4.39. The van der Waals surface area contributed by atoms with E-state index in [-0.39, 0.29) is 0 Å². The van der Waals surface area contributed by atoms with Crippen LogP contribution in [-0.4, -0.2) is 25.3 Å². The van der Waals surface area contributed by atoms with Crippen molar-refractivity contribution in [2.24, 2.45) is 11.3 Å². The Hall–Kier alpha value is -0.0800. The van der Waals surface area contributed by atoms with Crippen molar-refractivity contribution in [1.29, 1.82) is 0 Å². The van der Waals surface area contributed by atoms with Gasteiger partial charge in [0, 0.05) is 19.2 Å². The highest BCUT2D eigenvalue weighted by molar-refractivity contribution is 4.81. The molecule has 1 aliphatic rings. The summed E-state index contributed by atoms with van der Waals surface area (Å²) in [6.45, 7) is 13.7. The van der Waals surface area contributed by atoms with Crippen LogP contribution in [0.25, 0.3) is 0 Å². The van der Waals surface area contributed by atoms with Gasteiger partial charge in [-0.3, -0.25) is 0 Å². The Morgan fingerprint density at radius 3 is 2.63 bits per heavy atom. The van der Waals surface area contributed by atoms with Crippen LogP contribution in [0.2, 0.25) is 0 Å². The second-order valence-corrected chi connectivity index (χ2v) is 7.38. The van der Waals surface area contributed by atoms with Gasteiger partial charge in [-0.1, -0.05) is 53.9 Å². The van der Waals surface area contributed by atoms with Crippen molar-refractivity contribution in [1.82, 2.24) is 5.32 Å². The summed E-state index contributed by atoms with van der Waals surface area (Å²) < 4.78 is 5.84. The van der Waals surface area contributed by atoms with Crippen LogP contribution in [0.3, 0.4) is 0 Å². The molecule has 0 amide bonds. The van der Waals surface area contributed by atoms with Gasteiger partial charge in [-0.25, -0.2) is 0 Å². The van der Waals surface area contributed by atoms with Gasteiger partial charge in [0.1, 0.15) is 0 Å².